The van der Waals surface area contributed by atoms with Crippen LogP contribution in [0.2, 0.25) is 0 Å². The largest absolute Gasteiger partial charge is 0.390 e. The molecule has 5 nitrogen and oxygen atoms in total. The van der Waals surface area contributed by atoms with Crippen LogP contribution in [-0.2, 0) is 19.5 Å². The van der Waals surface area contributed by atoms with Crippen molar-refractivity contribution in [3.8, 4) is 0 Å². The first-order valence-corrected chi connectivity index (χ1v) is 14.4. The molecule has 3 N–H and O–H groups in total. The molecule has 0 radical (unpaired) electrons. The maximum absolute atomic E-state index is 13.9. The maximum Gasteiger partial charge on any atom is 0.251 e. The van der Waals surface area contributed by atoms with Crippen molar-refractivity contribution in [3.05, 3.63) is 104 Å². The van der Waals surface area contributed by atoms with Gasteiger partial charge in [0.15, 0.2) is 0 Å². The lowest BCUT2D eigenvalue weighted by Crippen LogP contribution is -2.48. The van der Waals surface area contributed by atoms with Gasteiger partial charge in [-0.25, -0.2) is 8.78 Å². The Kier molecular flexibility index (Phi) is 12.3. The fourth-order valence-corrected chi connectivity index (χ4v) is 5.18. The van der Waals surface area contributed by atoms with Crippen molar-refractivity contribution in [3.63, 3.8) is 0 Å². The van der Waals surface area contributed by atoms with Gasteiger partial charge in [-0.05, 0) is 109 Å². The monoisotopic (exact) mass is 649 g/mol. The van der Waals surface area contributed by atoms with Crippen LogP contribution in [0.15, 0.2) is 60.7 Å². The van der Waals surface area contributed by atoms with Gasteiger partial charge >= 0.3 is 0 Å². The van der Waals surface area contributed by atoms with E-state index in [0.717, 1.165) is 52.3 Å². The number of unbranched alkanes of at least 4 members (excludes halogenated alkanes) is 1. The van der Waals surface area contributed by atoms with Gasteiger partial charge < -0.3 is 20.6 Å². The van der Waals surface area contributed by atoms with Crippen molar-refractivity contribution in [2.75, 3.05) is 20.1 Å². The molecule has 39 heavy (non-hydrogen) atoms. The first kappa shape index (κ1) is 31.1. The van der Waals surface area contributed by atoms with Crippen molar-refractivity contribution in [2.45, 2.75) is 58.3 Å². The van der Waals surface area contributed by atoms with Gasteiger partial charge in [0.05, 0.1) is 12.1 Å². The molecular formula is C31H38F2IN3O2. The van der Waals surface area contributed by atoms with E-state index in [-0.39, 0.29) is 18.9 Å². The van der Waals surface area contributed by atoms with Crippen LogP contribution >= 0.6 is 22.6 Å². The Balaban J connectivity index is 1.74. The molecule has 0 fully saturated rings. The van der Waals surface area contributed by atoms with E-state index < -0.39 is 23.8 Å². The zero-order valence-corrected chi connectivity index (χ0v) is 25.0. The Morgan fingerprint density at radius 1 is 1.03 bits per heavy atom. The SMILES string of the molecule is CCCCN(C)Cc1cc(C)cc(C(=O)NC(Cc2cc(F)cc(F)c2)C(O)CNCc2cccc(I)c2)c1. The molecule has 3 aromatic carbocycles. The average Bonchev–Trinajstić information content (AvgIpc) is 2.86. The summed E-state index contributed by atoms with van der Waals surface area (Å²) in [5, 5.41) is 17.2. The molecule has 0 aromatic heterocycles. The van der Waals surface area contributed by atoms with Crippen molar-refractivity contribution in [2.24, 2.45) is 0 Å². The number of aryl methyl sites for hydroxylation is 1. The minimum atomic E-state index is -0.993. The van der Waals surface area contributed by atoms with E-state index in [4.69, 9.17) is 0 Å². The molecule has 0 aliphatic heterocycles. The number of benzene rings is 3. The zero-order valence-electron chi connectivity index (χ0n) is 22.8. The molecule has 210 valence electrons. The van der Waals surface area contributed by atoms with E-state index in [9.17, 15) is 18.7 Å². The van der Waals surface area contributed by atoms with E-state index >= 15 is 0 Å². The first-order chi connectivity index (χ1) is 18.6. The summed E-state index contributed by atoms with van der Waals surface area (Å²) in [5.41, 5.74) is 3.91. The van der Waals surface area contributed by atoms with Crippen LogP contribution in [0.4, 0.5) is 8.78 Å². The fourth-order valence-electron chi connectivity index (χ4n) is 4.57. The summed E-state index contributed by atoms with van der Waals surface area (Å²) in [5.74, 6) is -1.73. The van der Waals surface area contributed by atoms with Crippen LogP contribution in [0.1, 0.15) is 52.4 Å². The van der Waals surface area contributed by atoms with Crippen LogP contribution in [0, 0.1) is 22.1 Å². The lowest BCUT2D eigenvalue weighted by molar-refractivity contribution is 0.0829. The summed E-state index contributed by atoms with van der Waals surface area (Å²) in [6, 6.07) is 16.2. The molecule has 0 spiro atoms. The minimum Gasteiger partial charge on any atom is -0.390 e. The quantitative estimate of drug-likeness (QED) is 0.199. The van der Waals surface area contributed by atoms with Crippen LogP contribution in [-0.4, -0.2) is 48.2 Å². The lowest BCUT2D eigenvalue weighted by Gasteiger charge is -2.25. The minimum absolute atomic E-state index is 0.0743. The second kappa shape index (κ2) is 15.4. The van der Waals surface area contributed by atoms with Crippen molar-refractivity contribution in [1.29, 1.82) is 0 Å². The predicted molar refractivity (Wildman–Crippen MR) is 161 cm³/mol. The average molecular weight is 650 g/mol. The Bertz CT molecular complexity index is 1220. The zero-order chi connectivity index (χ0) is 28.4. The summed E-state index contributed by atoms with van der Waals surface area (Å²) >= 11 is 2.25. The number of hydrogen-bond donors (Lipinski definition) is 3. The molecule has 2 unspecified atom stereocenters. The standard InChI is InChI=1S/C31H38F2IN3O2/c1-4-5-9-37(3)20-24-10-21(2)11-25(12-24)31(39)36-29(16-23-13-26(32)17-27(33)14-23)30(38)19-35-18-22-7-6-8-28(34)15-22/h6-8,10-15,17,29-30,35,38H,4-5,9,16,18-20H2,1-3H3,(H,36,39). The number of aliphatic hydroxyl groups is 1. The topological polar surface area (TPSA) is 64.6 Å². The molecule has 1 amide bonds. The Hall–Kier alpha value is -2.40. The molecule has 0 saturated carbocycles. The van der Waals surface area contributed by atoms with Gasteiger partial charge in [0.2, 0.25) is 0 Å². The van der Waals surface area contributed by atoms with E-state index in [1.807, 2.05) is 43.3 Å². The van der Waals surface area contributed by atoms with E-state index in [0.29, 0.717) is 17.7 Å². The van der Waals surface area contributed by atoms with Gasteiger partial charge in [0, 0.05) is 34.8 Å². The van der Waals surface area contributed by atoms with Crippen LogP contribution in [0.3, 0.4) is 0 Å². The third-order valence-electron chi connectivity index (χ3n) is 6.48. The van der Waals surface area contributed by atoms with Crippen LogP contribution < -0.4 is 10.6 Å². The highest BCUT2D eigenvalue weighted by molar-refractivity contribution is 14.1. The summed E-state index contributed by atoms with van der Waals surface area (Å²) in [7, 11) is 2.06. The van der Waals surface area contributed by atoms with Crippen LogP contribution in [0.5, 0.6) is 0 Å². The number of hydrogen-bond acceptors (Lipinski definition) is 4. The van der Waals surface area contributed by atoms with Gasteiger partial charge in [0.25, 0.3) is 5.91 Å². The van der Waals surface area contributed by atoms with Crippen molar-refractivity contribution in [1.82, 2.24) is 15.5 Å². The highest BCUT2D eigenvalue weighted by Crippen LogP contribution is 2.16. The number of halogens is 3. The molecule has 2 atom stereocenters. The van der Waals surface area contributed by atoms with Gasteiger partial charge in [-0.2, -0.15) is 0 Å². The number of carbonyl (C=O) groups excluding carboxylic acids is 1. The summed E-state index contributed by atoms with van der Waals surface area (Å²) < 4.78 is 28.9. The van der Waals surface area contributed by atoms with Crippen molar-refractivity contribution < 1.29 is 18.7 Å². The second-order valence-corrected chi connectivity index (χ2v) is 11.4. The third-order valence-corrected chi connectivity index (χ3v) is 7.15. The van der Waals surface area contributed by atoms with E-state index in [1.165, 1.54) is 12.1 Å². The third kappa shape index (κ3) is 10.6. The highest BCUT2D eigenvalue weighted by atomic mass is 127. The summed E-state index contributed by atoms with van der Waals surface area (Å²) in [6.07, 6.45) is 1.30. The van der Waals surface area contributed by atoms with Gasteiger partial charge in [-0.3, -0.25) is 4.79 Å². The molecule has 0 saturated heterocycles. The molecule has 0 aliphatic carbocycles. The van der Waals surface area contributed by atoms with Gasteiger partial charge in [-0.15, -0.1) is 0 Å². The van der Waals surface area contributed by atoms with E-state index in [2.05, 4.69) is 58.2 Å². The predicted octanol–water partition coefficient (Wildman–Crippen LogP) is 5.60. The molecule has 3 aromatic rings. The van der Waals surface area contributed by atoms with Crippen molar-refractivity contribution >= 4 is 28.5 Å². The first-order valence-electron chi connectivity index (χ1n) is 13.3. The van der Waals surface area contributed by atoms with Gasteiger partial charge in [0.1, 0.15) is 11.6 Å². The Morgan fingerprint density at radius 2 is 1.77 bits per heavy atom. The smallest absolute Gasteiger partial charge is 0.251 e. The molecule has 3 rings (SSSR count). The molecular weight excluding hydrogens is 611 g/mol. The normalized spacial score (nSPS) is 12.9. The number of nitrogens with one attached hydrogen (secondary N) is 2. The number of aliphatic hydroxyl groups excluding tert-OH is 1. The summed E-state index contributed by atoms with van der Waals surface area (Å²) in [4.78, 5) is 15.6. The second-order valence-electron chi connectivity index (χ2n) is 10.2. The molecule has 0 bridgehead atoms. The van der Waals surface area contributed by atoms with Gasteiger partial charge in [-0.1, -0.05) is 37.1 Å². The van der Waals surface area contributed by atoms with Crippen LogP contribution in [0.25, 0.3) is 0 Å². The molecule has 0 aliphatic rings. The number of amides is 1. The number of nitrogens with zero attached hydrogens (tertiary/aromatic N) is 1. The highest BCUT2D eigenvalue weighted by Gasteiger charge is 2.23. The lowest BCUT2D eigenvalue weighted by atomic mass is 9.99. The molecule has 8 heteroatoms. The Labute approximate surface area is 244 Å². The number of carbonyl (C=O) groups is 1. The number of rotatable bonds is 14. The maximum atomic E-state index is 13.9. The van der Waals surface area contributed by atoms with E-state index in [1.54, 1.807) is 0 Å². The summed E-state index contributed by atoms with van der Waals surface area (Å²) in [6.45, 7) is 6.52. The fraction of sp³-hybridized carbons (Fsp3) is 0.387. The molecule has 0 heterocycles. The Morgan fingerprint density at radius 3 is 2.46 bits per heavy atom.